The molecule has 0 aromatic carbocycles. The summed E-state index contributed by atoms with van der Waals surface area (Å²) < 4.78 is 0. The Morgan fingerprint density at radius 1 is 1.07 bits per heavy atom. The van der Waals surface area contributed by atoms with E-state index in [-0.39, 0.29) is 5.78 Å². The van der Waals surface area contributed by atoms with Gasteiger partial charge < -0.3 is 4.79 Å². The predicted octanol–water partition coefficient (Wildman–Crippen LogP) is 3.06. The third-order valence-corrected chi connectivity index (χ3v) is 2.18. The highest BCUT2D eigenvalue weighted by Gasteiger charge is 1.98. The molecular formula is C12H20O2. The van der Waals surface area contributed by atoms with Gasteiger partial charge in [0.1, 0.15) is 11.6 Å². The summed E-state index contributed by atoms with van der Waals surface area (Å²) in [4.78, 5) is 21.7. The van der Waals surface area contributed by atoms with Gasteiger partial charge in [0.15, 0.2) is 0 Å². The maximum absolute atomic E-state index is 11.0. The van der Waals surface area contributed by atoms with Crippen LogP contribution in [0.1, 0.15) is 52.9 Å². The van der Waals surface area contributed by atoms with Crippen LogP contribution in [-0.2, 0) is 9.59 Å². The van der Waals surface area contributed by atoms with Crippen molar-refractivity contribution >= 4 is 11.6 Å². The van der Waals surface area contributed by atoms with Crippen LogP contribution in [0.15, 0.2) is 11.6 Å². The molecule has 0 atom stereocenters. The van der Waals surface area contributed by atoms with Crippen molar-refractivity contribution < 1.29 is 9.59 Å². The number of carbonyl (C=O) groups is 2. The first-order valence-electron chi connectivity index (χ1n) is 5.23. The van der Waals surface area contributed by atoms with E-state index in [0.717, 1.165) is 12.8 Å². The molecule has 0 aliphatic rings. The van der Waals surface area contributed by atoms with Gasteiger partial charge in [0.25, 0.3) is 0 Å². The van der Waals surface area contributed by atoms with E-state index in [1.807, 2.05) is 13.8 Å². The molecule has 0 heterocycles. The summed E-state index contributed by atoms with van der Waals surface area (Å²) in [5, 5.41) is 0. The van der Waals surface area contributed by atoms with Crippen molar-refractivity contribution in [3.05, 3.63) is 11.6 Å². The largest absolute Gasteiger partial charge is 0.300 e. The molecule has 0 unspecified atom stereocenters. The van der Waals surface area contributed by atoms with Gasteiger partial charge in [0.05, 0.1) is 0 Å². The van der Waals surface area contributed by atoms with Crippen molar-refractivity contribution in [2.75, 3.05) is 0 Å². The molecule has 0 radical (unpaired) electrons. The average molecular weight is 196 g/mol. The van der Waals surface area contributed by atoms with Crippen molar-refractivity contribution in [3.8, 4) is 0 Å². The lowest BCUT2D eigenvalue weighted by molar-refractivity contribution is -0.119. The van der Waals surface area contributed by atoms with E-state index in [9.17, 15) is 9.59 Å². The van der Waals surface area contributed by atoms with E-state index in [1.54, 1.807) is 6.92 Å². The Labute approximate surface area is 86.4 Å². The van der Waals surface area contributed by atoms with Crippen molar-refractivity contribution in [2.45, 2.75) is 52.9 Å². The molecule has 0 bridgehead atoms. The Balaban J connectivity index is 3.67. The summed E-state index contributed by atoms with van der Waals surface area (Å²) in [5.74, 6) is 0.531. The highest BCUT2D eigenvalue weighted by atomic mass is 16.1. The van der Waals surface area contributed by atoms with Gasteiger partial charge in [0, 0.05) is 19.3 Å². The fraction of sp³-hybridized carbons (Fsp3) is 0.667. The van der Waals surface area contributed by atoms with Crippen LogP contribution in [0, 0.1) is 0 Å². The quantitative estimate of drug-likeness (QED) is 0.586. The second-order valence-corrected chi connectivity index (χ2v) is 3.68. The molecule has 0 rings (SSSR count). The minimum atomic E-state index is 0.221. The first-order chi connectivity index (χ1) is 6.56. The molecule has 14 heavy (non-hydrogen) atoms. The van der Waals surface area contributed by atoms with E-state index < -0.39 is 0 Å². The molecule has 0 saturated heterocycles. The van der Waals surface area contributed by atoms with Crippen LogP contribution >= 0.6 is 0 Å². The molecule has 0 aromatic rings. The molecule has 2 nitrogen and oxygen atoms in total. The first kappa shape index (κ1) is 13.1. The molecule has 80 valence electrons. The summed E-state index contributed by atoms with van der Waals surface area (Å²) in [6.07, 6.45) is 5.58. The lowest BCUT2D eigenvalue weighted by Gasteiger charge is -1.99. The van der Waals surface area contributed by atoms with Crippen molar-refractivity contribution in [2.24, 2.45) is 0 Å². The zero-order valence-corrected chi connectivity index (χ0v) is 9.43. The fourth-order valence-corrected chi connectivity index (χ4v) is 1.14. The van der Waals surface area contributed by atoms with E-state index in [1.165, 1.54) is 5.57 Å². The third kappa shape index (κ3) is 7.71. The lowest BCUT2D eigenvalue weighted by atomic mass is 10.1. The smallest absolute Gasteiger partial charge is 0.132 e. The van der Waals surface area contributed by atoms with Gasteiger partial charge in [0.2, 0.25) is 0 Å². The molecule has 2 heteroatoms. The van der Waals surface area contributed by atoms with Gasteiger partial charge in [-0.05, 0) is 26.7 Å². The van der Waals surface area contributed by atoms with Crippen LogP contribution < -0.4 is 0 Å². The van der Waals surface area contributed by atoms with Crippen LogP contribution in [0.2, 0.25) is 0 Å². The van der Waals surface area contributed by atoms with Crippen LogP contribution in [0.5, 0.6) is 0 Å². The van der Waals surface area contributed by atoms with Crippen molar-refractivity contribution in [1.82, 2.24) is 0 Å². The van der Waals surface area contributed by atoms with Gasteiger partial charge in [-0.1, -0.05) is 18.6 Å². The minimum absolute atomic E-state index is 0.221. The van der Waals surface area contributed by atoms with Gasteiger partial charge in [-0.2, -0.15) is 0 Å². The van der Waals surface area contributed by atoms with Gasteiger partial charge in [-0.15, -0.1) is 0 Å². The Morgan fingerprint density at radius 3 is 2.21 bits per heavy atom. The zero-order chi connectivity index (χ0) is 11.0. The maximum atomic E-state index is 11.0. The van der Waals surface area contributed by atoms with Gasteiger partial charge in [-0.3, -0.25) is 4.79 Å². The Morgan fingerprint density at radius 2 is 1.71 bits per heavy atom. The number of Topliss-reactive ketones (excluding diaryl/α,β-unsaturated/α-hetero) is 2. The number of hydrogen-bond acceptors (Lipinski definition) is 2. The third-order valence-electron chi connectivity index (χ3n) is 2.18. The Bertz CT molecular complexity index is 226. The Kier molecular flexibility index (Phi) is 6.99. The molecule has 0 aromatic heterocycles. The standard InChI is InChI=1S/C12H20O2/c1-4-12(14)9-8-10(2)6-5-7-11(3)13/h6H,4-5,7-9H2,1-3H3/b10-6-. The molecule has 0 amide bonds. The molecule has 0 aliphatic carbocycles. The van der Waals surface area contributed by atoms with Crippen LogP contribution in [0.4, 0.5) is 0 Å². The lowest BCUT2D eigenvalue weighted by Crippen LogP contribution is -1.95. The van der Waals surface area contributed by atoms with E-state index in [0.29, 0.717) is 25.0 Å². The Hall–Kier alpha value is -0.920. The summed E-state index contributed by atoms with van der Waals surface area (Å²) in [7, 11) is 0. The van der Waals surface area contributed by atoms with E-state index in [4.69, 9.17) is 0 Å². The highest BCUT2D eigenvalue weighted by Crippen LogP contribution is 2.07. The number of hydrogen-bond donors (Lipinski definition) is 0. The van der Waals surface area contributed by atoms with Crippen LogP contribution in [0.3, 0.4) is 0 Å². The second-order valence-electron chi connectivity index (χ2n) is 3.68. The topological polar surface area (TPSA) is 34.1 Å². The second kappa shape index (κ2) is 7.48. The van der Waals surface area contributed by atoms with Crippen LogP contribution in [0.25, 0.3) is 0 Å². The summed E-state index contributed by atoms with van der Waals surface area (Å²) in [6, 6.07) is 0. The molecule has 0 spiro atoms. The minimum Gasteiger partial charge on any atom is -0.300 e. The summed E-state index contributed by atoms with van der Waals surface area (Å²) in [6.45, 7) is 5.50. The fourth-order valence-electron chi connectivity index (χ4n) is 1.14. The van der Waals surface area contributed by atoms with Gasteiger partial charge >= 0.3 is 0 Å². The summed E-state index contributed by atoms with van der Waals surface area (Å²) >= 11 is 0. The highest BCUT2D eigenvalue weighted by molar-refractivity contribution is 5.78. The number of carbonyl (C=O) groups excluding carboxylic acids is 2. The first-order valence-corrected chi connectivity index (χ1v) is 5.23. The predicted molar refractivity (Wildman–Crippen MR) is 58.2 cm³/mol. The number of ketones is 2. The molecule has 0 N–H and O–H groups in total. The molecular weight excluding hydrogens is 176 g/mol. The van der Waals surface area contributed by atoms with E-state index >= 15 is 0 Å². The number of rotatable bonds is 7. The molecule has 0 saturated carbocycles. The van der Waals surface area contributed by atoms with Crippen LogP contribution in [-0.4, -0.2) is 11.6 Å². The maximum Gasteiger partial charge on any atom is 0.132 e. The average Bonchev–Trinajstić information content (AvgIpc) is 2.13. The monoisotopic (exact) mass is 196 g/mol. The van der Waals surface area contributed by atoms with Crippen molar-refractivity contribution in [1.29, 1.82) is 0 Å². The normalized spacial score (nSPS) is 11.5. The van der Waals surface area contributed by atoms with Gasteiger partial charge in [-0.25, -0.2) is 0 Å². The molecule has 0 fully saturated rings. The summed E-state index contributed by atoms with van der Waals surface area (Å²) in [5.41, 5.74) is 1.22. The van der Waals surface area contributed by atoms with Crippen molar-refractivity contribution in [3.63, 3.8) is 0 Å². The SMILES string of the molecule is CCC(=O)CC/C(C)=C\CCC(C)=O. The molecule has 0 aliphatic heterocycles. The van der Waals surface area contributed by atoms with E-state index in [2.05, 4.69) is 6.08 Å². The zero-order valence-electron chi connectivity index (χ0n) is 9.43. The number of allylic oxidation sites excluding steroid dienone is 2.